The van der Waals surface area contributed by atoms with Gasteiger partial charge in [0.05, 0.1) is 36.2 Å². The molecule has 0 aliphatic heterocycles. The highest BCUT2D eigenvalue weighted by molar-refractivity contribution is 7.07. The molecule has 1 heterocycles. The van der Waals surface area contributed by atoms with Crippen molar-refractivity contribution in [3.8, 4) is 29.0 Å². The van der Waals surface area contributed by atoms with Gasteiger partial charge in [0.2, 0.25) is 0 Å². The molecule has 39 heavy (non-hydrogen) atoms. The smallest absolute Gasteiger partial charge is 0.273 e. The number of hydrogen-bond donors (Lipinski definition) is 1. The Morgan fingerprint density at radius 3 is 2.33 bits per heavy atom. The summed E-state index contributed by atoms with van der Waals surface area (Å²) in [6, 6.07) is 23.1. The molecule has 0 radical (unpaired) electrons. The van der Waals surface area contributed by atoms with Gasteiger partial charge in [-0.2, -0.15) is 5.26 Å². The SMILES string of the molecule is COc1ccccc1NC(=O)/C(C#N)=c1\s/c(=C\c2ccc(OC(C)C)c(OC)c2)c(=O)n1-c1ccccc1. The summed E-state index contributed by atoms with van der Waals surface area (Å²) in [6.45, 7) is 3.85. The summed E-state index contributed by atoms with van der Waals surface area (Å²) in [6.07, 6.45) is 1.67. The molecule has 0 saturated carbocycles. The average Bonchev–Trinajstić information content (AvgIpc) is 3.25. The molecule has 0 atom stereocenters. The van der Waals surface area contributed by atoms with Crippen LogP contribution < -0.4 is 34.3 Å². The van der Waals surface area contributed by atoms with Crippen LogP contribution >= 0.6 is 11.3 Å². The Morgan fingerprint density at radius 1 is 0.974 bits per heavy atom. The van der Waals surface area contributed by atoms with Gasteiger partial charge < -0.3 is 19.5 Å². The van der Waals surface area contributed by atoms with Crippen molar-refractivity contribution in [1.29, 1.82) is 5.26 Å². The van der Waals surface area contributed by atoms with Crippen LogP contribution in [0.15, 0.2) is 77.6 Å². The van der Waals surface area contributed by atoms with E-state index in [1.165, 1.54) is 11.7 Å². The number of rotatable bonds is 8. The van der Waals surface area contributed by atoms with Crippen LogP contribution in [-0.4, -0.2) is 30.8 Å². The fourth-order valence-electron chi connectivity index (χ4n) is 3.87. The van der Waals surface area contributed by atoms with E-state index in [2.05, 4.69) is 5.32 Å². The predicted octanol–water partition coefficient (Wildman–Crippen LogP) is 3.85. The summed E-state index contributed by atoms with van der Waals surface area (Å²) >= 11 is 1.06. The summed E-state index contributed by atoms with van der Waals surface area (Å²) in [5.74, 6) is 0.906. The highest BCUT2D eigenvalue weighted by atomic mass is 32.1. The number of amides is 1. The molecule has 1 amide bonds. The van der Waals surface area contributed by atoms with Crippen LogP contribution in [0, 0.1) is 11.3 Å². The van der Waals surface area contributed by atoms with E-state index < -0.39 is 5.91 Å². The van der Waals surface area contributed by atoms with E-state index in [9.17, 15) is 14.9 Å². The van der Waals surface area contributed by atoms with Gasteiger partial charge in [-0.05, 0) is 61.9 Å². The van der Waals surface area contributed by atoms with Crippen molar-refractivity contribution in [2.75, 3.05) is 19.5 Å². The van der Waals surface area contributed by atoms with Crippen LogP contribution in [0.2, 0.25) is 0 Å². The lowest BCUT2D eigenvalue weighted by Crippen LogP contribution is -2.32. The Morgan fingerprint density at radius 2 is 1.67 bits per heavy atom. The second-order valence-electron chi connectivity index (χ2n) is 8.61. The third-order valence-corrected chi connectivity index (χ3v) is 6.69. The van der Waals surface area contributed by atoms with Crippen LogP contribution in [-0.2, 0) is 4.79 Å². The number of carbonyl (C=O) groups is 1. The molecule has 0 bridgehead atoms. The molecule has 0 aliphatic carbocycles. The van der Waals surface area contributed by atoms with E-state index in [0.717, 1.165) is 11.3 Å². The molecule has 4 aromatic rings. The fourth-order valence-corrected chi connectivity index (χ4v) is 4.97. The van der Waals surface area contributed by atoms with Crippen LogP contribution in [0.25, 0.3) is 17.3 Å². The average molecular weight is 542 g/mol. The minimum absolute atomic E-state index is 0.0337. The normalized spacial score (nSPS) is 12.1. The Labute approximate surface area is 229 Å². The van der Waals surface area contributed by atoms with Crippen LogP contribution in [0.3, 0.4) is 0 Å². The molecule has 0 saturated heterocycles. The zero-order chi connectivity index (χ0) is 27.9. The molecule has 198 valence electrons. The topological polar surface area (TPSA) is 103 Å². The molecule has 9 heteroatoms. The molecule has 8 nitrogen and oxygen atoms in total. The number of ether oxygens (including phenoxy) is 3. The Bertz CT molecular complexity index is 1720. The van der Waals surface area contributed by atoms with Gasteiger partial charge in [0.1, 0.15) is 16.5 Å². The maximum Gasteiger partial charge on any atom is 0.273 e. The summed E-state index contributed by atoms with van der Waals surface area (Å²) in [5, 5.41) is 12.8. The number of carbonyl (C=O) groups excluding carboxylic acids is 1. The standard InChI is InChI=1S/C30H27N3O5S/c1-19(2)38-25-15-14-20(16-26(25)37-4)17-27-29(35)33(21-10-6-5-7-11-21)30(39-27)22(18-31)28(34)32-23-12-8-9-13-24(23)36-3/h5-17,19H,1-4H3,(H,32,34)/b27-17-,30-22-. The van der Waals surface area contributed by atoms with E-state index in [1.54, 1.807) is 73.8 Å². The number of anilines is 1. The van der Waals surface area contributed by atoms with Gasteiger partial charge in [0.15, 0.2) is 17.1 Å². The van der Waals surface area contributed by atoms with E-state index in [4.69, 9.17) is 14.2 Å². The largest absolute Gasteiger partial charge is 0.495 e. The molecule has 3 aromatic carbocycles. The number of nitrogens with one attached hydrogen (secondary N) is 1. The molecule has 0 spiro atoms. The second-order valence-corrected chi connectivity index (χ2v) is 9.64. The van der Waals surface area contributed by atoms with Crippen molar-refractivity contribution in [3.05, 3.63) is 97.9 Å². The maximum atomic E-state index is 13.7. The number of nitrogens with zero attached hydrogens (tertiary/aromatic N) is 2. The molecule has 0 unspecified atom stereocenters. The van der Waals surface area contributed by atoms with E-state index in [-0.39, 0.29) is 21.9 Å². The Hall–Kier alpha value is -4.81. The molecule has 0 fully saturated rings. The maximum absolute atomic E-state index is 13.7. The van der Waals surface area contributed by atoms with Gasteiger partial charge in [-0.3, -0.25) is 14.2 Å². The number of thiazole rings is 1. The highest BCUT2D eigenvalue weighted by Gasteiger charge is 2.18. The summed E-state index contributed by atoms with van der Waals surface area (Å²) in [4.78, 5) is 27.0. The minimum Gasteiger partial charge on any atom is -0.495 e. The van der Waals surface area contributed by atoms with Gasteiger partial charge in [0, 0.05) is 0 Å². The number of hydrogen-bond acceptors (Lipinski definition) is 7. The highest BCUT2D eigenvalue weighted by Crippen LogP contribution is 2.29. The Kier molecular flexibility index (Phi) is 8.49. The first-order valence-electron chi connectivity index (χ1n) is 12.1. The van der Waals surface area contributed by atoms with E-state index in [0.29, 0.717) is 38.7 Å². The molecule has 0 aliphatic rings. The van der Waals surface area contributed by atoms with Crippen LogP contribution in [0.5, 0.6) is 17.2 Å². The molecule has 1 aromatic heterocycles. The lowest BCUT2D eigenvalue weighted by atomic mass is 10.2. The van der Waals surface area contributed by atoms with Gasteiger partial charge in [-0.25, -0.2) is 0 Å². The fraction of sp³-hybridized carbons (Fsp3) is 0.167. The first-order valence-corrected chi connectivity index (χ1v) is 12.9. The summed E-state index contributed by atoms with van der Waals surface area (Å²) < 4.78 is 18.5. The van der Waals surface area contributed by atoms with Crippen molar-refractivity contribution in [2.45, 2.75) is 20.0 Å². The third-order valence-electron chi connectivity index (χ3n) is 5.59. The second kappa shape index (κ2) is 12.2. The van der Waals surface area contributed by atoms with Crippen molar-refractivity contribution < 1.29 is 19.0 Å². The van der Waals surface area contributed by atoms with Crippen molar-refractivity contribution in [3.63, 3.8) is 0 Å². The van der Waals surface area contributed by atoms with Crippen molar-refractivity contribution >= 4 is 34.6 Å². The predicted molar refractivity (Wildman–Crippen MR) is 152 cm³/mol. The van der Waals surface area contributed by atoms with Gasteiger partial charge in [0.25, 0.3) is 11.5 Å². The molecule has 4 rings (SSSR count). The van der Waals surface area contributed by atoms with E-state index in [1.807, 2.05) is 32.0 Å². The van der Waals surface area contributed by atoms with Crippen molar-refractivity contribution in [2.24, 2.45) is 0 Å². The van der Waals surface area contributed by atoms with Crippen LogP contribution in [0.1, 0.15) is 19.4 Å². The molecular weight excluding hydrogens is 514 g/mol. The first kappa shape index (κ1) is 27.2. The van der Waals surface area contributed by atoms with Gasteiger partial charge >= 0.3 is 0 Å². The van der Waals surface area contributed by atoms with Crippen molar-refractivity contribution in [1.82, 2.24) is 4.57 Å². The monoisotopic (exact) mass is 541 g/mol. The number of methoxy groups -OCH3 is 2. The lowest BCUT2D eigenvalue weighted by molar-refractivity contribution is -0.111. The zero-order valence-corrected chi connectivity index (χ0v) is 22.7. The first-order chi connectivity index (χ1) is 18.9. The number of benzene rings is 3. The lowest BCUT2D eigenvalue weighted by Gasteiger charge is -2.13. The number of nitriles is 1. The Balaban J connectivity index is 1.91. The molecule has 1 N–H and O–H groups in total. The number of aromatic nitrogens is 1. The van der Waals surface area contributed by atoms with Gasteiger partial charge in [-0.15, -0.1) is 11.3 Å². The van der Waals surface area contributed by atoms with Crippen LogP contribution in [0.4, 0.5) is 5.69 Å². The minimum atomic E-state index is -0.656. The quantitative estimate of drug-likeness (QED) is 0.364. The summed E-state index contributed by atoms with van der Waals surface area (Å²) in [7, 11) is 3.04. The molecular formula is C30H27N3O5S. The zero-order valence-electron chi connectivity index (χ0n) is 21.9. The third kappa shape index (κ3) is 6.03. The number of para-hydroxylation sites is 3. The summed E-state index contributed by atoms with van der Waals surface area (Å²) in [5.41, 5.74) is 1.07. The van der Waals surface area contributed by atoms with Gasteiger partial charge in [-0.1, -0.05) is 36.4 Å². The van der Waals surface area contributed by atoms with E-state index >= 15 is 0 Å².